The first-order valence-electron chi connectivity index (χ1n) is 7.41. The van der Waals surface area contributed by atoms with Crippen LogP contribution >= 0.6 is 0 Å². The van der Waals surface area contributed by atoms with Crippen molar-refractivity contribution in [3.63, 3.8) is 0 Å². The van der Waals surface area contributed by atoms with Crippen LogP contribution in [-0.4, -0.2) is 20.6 Å². The summed E-state index contributed by atoms with van der Waals surface area (Å²) in [5.41, 5.74) is 1.94. The molecule has 0 saturated carbocycles. The van der Waals surface area contributed by atoms with Crippen molar-refractivity contribution < 1.29 is 4.79 Å². The Kier molecular flexibility index (Phi) is 7.38. The Labute approximate surface area is 115 Å². The molecule has 2 nitrogen and oxygen atoms in total. The molecule has 0 unspecified atom stereocenters. The number of rotatable bonds is 8. The molecule has 0 spiro atoms. The lowest BCUT2D eigenvalue weighted by Crippen LogP contribution is -2.61. The molecule has 0 saturated heterocycles. The summed E-state index contributed by atoms with van der Waals surface area (Å²) >= 11 is 0. The largest absolute Gasteiger partial charge is 0.328 e. The van der Waals surface area contributed by atoms with Gasteiger partial charge in [-0.15, -0.1) is 0 Å². The van der Waals surface area contributed by atoms with Gasteiger partial charge in [0.2, 0.25) is 0 Å². The molecule has 0 aliphatic carbocycles. The van der Waals surface area contributed by atoms with Crippen molar-refractivity contribution in [2.75, 3.05) is 0 Å². The smallest absolute Gasteiger partial charge is 0.136 e. The zero-order valence-electron chi connectivity index (χ0n) is 13.6. The van der Waals surface area contributed by atoms with Crippen LogP contribution in [0.1, 0.15) is 61.8 Å². The molecule has 1 N–H and O–H groups in total. The van der Waals surface area contributed by atoms with E-state index in [0.717, 1.165) is 12.7 Å². The summed E-state index contributed by atoms with van der Waals surface area (Å²) in [5, 5.41) is 0. The highest BCUT2D eigenvalue weighted by Gasteiger charge is 2.44. The average molecular weight is 272 g/mol. The van der Waals surface area contributed by atoms with E-state index < -0.39 is 8.24 Å². The Morgan fingerprint density at radius 3 is 1.50 bits per heavy atom. The SMILES string of the molecule is CC(C)C[C@@H](C=O)N[Si](C(C)C)(C(C)C)C(C)C. The van der Waals surface area contributed by atoms with E-state index >= 15 is 0 Å². The van der Waals surface area contributed by atoms with Crippen LogP contribution in [0, 0.1) is 5.92 Å². The molecule has 1 atom stereocenters. The third kappa shape index (κ3) is 4.20. The first kappa shape index (κ1) is 17.8. The van der Waals surface area contributed by atoms with Crippen LogP contribution in [0.3, 0.4) is 0 Å². The van der Waals surface area contributed by atoms with Crippen molar-refractivity contribution >= 4 is 14.5 Å². The highest BCUT2D eigenvalue weighted by Crippen LogP contribution is 2.39. The number of hydrogen-bond acceptors (Lipinski definition) is 2. The second-order valence-corrected chi connectivity index (χ2v) is 12.5. The summed E-state index contributed by atoms with van der Waals surface area (Å²) in [6.07, 6.45) is 2.07. The molecule has 0 radical (unpaired) electrons. The van der Waals surface area contributed by atoms with Gasteiger partial charge < -0.3 is 9.78 Å². The fourth-order valence-electron chi connectivity index (χ4n) is 3.48. The minimum Gasteiger partial charge on any atom is -0.328 e. The highest BCUT2D eigenvalue weighted by atomic mass is 28.3. The predicted octanol–water partition coefficient (Wildman–Crippen LogP) is 4.37. The fraction of sp³-hybridized carbons (Fsp3) is 0.933. The fourth-order valence-corrected chi connectivity index (χ4v) is 9.31. The molecule has 0 rings (SSSR count). The van der Waals surface area contributed by atoms with Gasteiger partial charge in [0.25, 0.3) is 0 Å². The minimum atomic E-state index is -1.66. The molecule has 108 valence electrons. The maximum absolute atomic E-state index is 11.3. The van der Waals surface area contributed by atoms with Crippen molar-refractivity contribution in [3.05, 3.63) is 0 Å². The van der Waals surface area contributed by atoms with Crippen LogP contribution < -0.4 is 4.98 Å². The maximum Gasteiger partial charge on any atom is 0.136 e. The van der Waals surface area contributed by atoms with E-state index in [1.165, 1.54) is 0 Å². The van der Waals surface area contributed by atoms with Crippen molar-refractivity contribution in [1.29, 1.82) is 0 Å². The number of aldehydes is 1. The zero-order valence-corrected chi connectivity index (χ0v) is 14.6. The van der Waals surface area contributed by atoms with Gasteiger partial charge in [0.15, 0.2) is 0 Å². The van der Waals surface area contributed by atoms with Crippen LogP contribution in [0.5, 0.6) is 0 Å². The van der Waals surface area contributed by atoms with Crippen molar-refractivity contribution in [1.82, 2.24) is 4.98 Å². The summed E-state index contributed by atoms with van der Waals surface area (Å²) in [6, 6.07) is 0.0314. The number of carbonyl (C=O) groups is 1. The first-order valence-corrected chi connectivity index (χ1v) is 9.64. The van der Waals surface area contributed by atoms with Crippen molar-refractivity contribution in [3.8, 4) is 0 Å². The Hall–Kier alpha value is -0.153. The van der Waals surface area contributed by atoms with Gasteiger partial charge in [-0.3, -0.25) is 0 Å². The summed E-state index contributed by atoms with van der Waals surface area (Å²) in [5.74, 6) is 0.561. The lowest BCUT2D eigenvalue weighted by Gasteiger charge is -2.45. The molecule has 3 heteroatoms. The normalized spacial score (nSPS) is 14.9. The number of carbonyl (C=O) groups excluding carboxylic acids is 1. The van der Waals surface area contributed by atoms with E-state index in [9.17, 15) is 4.79 Å². The third-order valence-electron chi connectivity index (χ3n) is 4.19. The quantitative estimate of drug-likeness (QED) is 0.525. The Balaban J connectivity index is 5.14. The molecule has 0 aliphatic rings. The van der Waals surface area contributed by atoms with Crippen LogP contribution in [0.25, 0.3) is 0 Å². The molecular weight excluding hydrogens is 238 g/mol. The molecule has 0 heterocycles. The van der Waals surface area contributed by atoms with Gasteiger partial charge in [0.1, 0.15) is 14.5 Å². The molecule has 0 aliphatic heterocycles. The molecule has 0 bridgehead atoms. The summed E-state index contributed by atoms with van der Waals surface area (Å²) in [7, 11) is -1.66. The second-order valence-electron chi connectivity index (χ2n) is 6.91. The maximum atomic E-state index is 11.3. The van der Waals surface area contributed by atoms with E-state index in [-0.39, 0.29) is 6.04 Å². The van der Waals surface area contributed by atoms with Crippen LogP contribution in [0.15, 0.2) is 0 Å². The lowest BCUT2D eigenvalue weighted by molar-refractivity contribution is -0.109. The van der Waals surface area contributed by atoms with E-state index in [1.807, 2.05) is 0 Å². The lowest BCUT2D eigenvalue weighted by atomic mass is 10.1. The number of nitrogens with one attached hydrogen (secondary N) is 1. The van der Waals surface area contributed by atoms with Gasteiger partial charge in [-0.1, -0.05) is 55.4 Å². The zero-order chi connectivity index (χ0) is 14.5. The summed E-state index contributed by atoms with van der Waals surface area (Å²) in [4.78, 5) is 15.2. The molecular formula is C15H33NOSi. The Morgan fingerprint density at radius 2 is 1.28 bits per heavy atom. The molecule has 0 fully saturated rings. The standard InChI is InChI=1S/C15H33NOSi/c1-11(2)9-15(10-17)16-18(12(3)4,13(5)6)14(7)8/h10-16H,9H2,1-8H3/t15-/m0/s1. The van der Waals surface area contributed by atoms with E-state index in [4.69, 9.17) is 0 Å². The molecule has 18 heavy (non-hydrogen) atoms. The monoisotopic (exact) mass is 271 g/mol. The van der Waals surface area contributed by atoms with Crippen LogP contribution in [0.4, 0.5) is 0 Å². The van der Waals surface area contributed by atoms with Gasteiger partial charge in [0, 0.05) is 0 Å². The minimum absolute atomic E-state index is 0.0314. The Morgan fingerprint density at radius 1 is 0.889 bits per heavy atom. The van der Waals surface area contributed by atoms with Crippen LogP contribution in [0.2, 0.25) is 16.6 Å². The Bertz CT molecular complexity index is 227. The van der Waals surface area contributed by atoms with E-state index in [2.05, 4.69) is 60.4 Å². The van der Waals surface area contributed by atoms with Gasteiger partial charge in [-0.05, 0) is 29.0 Å². The molecule has 0 aromatic rings. The summed E-state index contributed by atoms with van der Waals surface area (Å²) in [6.45, 7) is 18.3. The topological polar surface area (TPSA) is 29.1 Å². The van der Waals surface area contributed by atoms with E-state index in [1.54, 1.807) is 0 Å². The average Bonchev–Trinajstić information content (AvgIpc) is 2.21. The predicted molar refractivity (Wildman–Crippen MR) is 83.5 cm³/mol. The summed E-state index contributed by atoms with van der Waals surface area (Å²) < 4.78 is 0. The van der Waals surface area contributed by atoms with Gasteiger partial charge >= 0.3 is 0 Å². The third-order valence-corrected chi connectivity index (χ3v) is 10.8. The second kappa shape index (κ2) is 7.44. The van der Waals surface area contributed by atoms with Crippen LogP contribution in [-0.2, 0) is 4.79 Å². The highest BCUT2D eigenvalue weighted by molar-refractivity contribution is 6.81. The molecule has 0 aromatic heterocycles. The molecule has 0 aromatic carbocycles. The van der Waals surface area contributed by atoms with Gasteiger partial charge in [-0.2, -0.15) is 0 Å². The molecule has 0 amide bonds. The van der Waals surface area contributed by atoms with Gasteiger partial charge in [-0.25, -0.2) is 0 Å². The first-order chi connectivity index (χ1) is 8.18. The van der Waals surface area contributed by atoms with Crippen molar-refractivity contribution in [2.24, 2.45) is 5.92 Å². The number of hydrogen-bond donors (Lipinski definition) is 1. The van der Waals surface area contributed by atoms with E-state index in [0.29, 0.717) is 22.5 Å². The van der Waals surface area contributed by atoms with Crippen molar-refractivity contribution in [2.45, 2.75) is 84.5 Å². The van der Waals surface area contributed by atoms with Gasteiger partial charge in [0.05, 0.1) is 6.04 Å².